The minimum absolute atomic E-state index is 0.267. The van der Waals surface area contributed by atoms with Crippen molar-refractivity contribution in [2.24, 2.45) is 0 Å². The van der Waals surface area contributed by atoms with Gasteiger partial charge in [0, 0.05) is 13.0 Å². The van der Waals surface area contributed by atoms with E-state index in [1.54, 1.807) is 6.92 Å². The number of benzene rings is 1. The number of nitrogens with one attached hydrogen (secondary N) is 1. The van der Waals surface area contributed by atoms with E-state index in [0.717, 1.165) is 0 Å². The van der Waals surface area contributed by atoms with Gasteiger partial charge in [0.1, 0.15) is 0 Å². The minimum atomic E-state index is 0.267. The molecule has 0 aliphatic heterocycles. The highest BCUT2D eigenvalue weighted by Crippen LogP contribution is 2.16. The highest BCUT2D eigenvalue weighted by Gasteiger charge is 2.09. The molecule has 0 aliphatic rings. The quantitative estimate of drug-likeness (QED) is 0.878. The summed E-state index contributed by atoms with van der Waals surface area (Å²) < 4.78 is 5.32. The average Bonchev–Trinajstić information content (AvgIpc) is 2.73. The molecule has 0 saturated carbocycles. The normalized spacial score (nSPS) is 12.6. The van der Waals surface area contributed by atoms with E-state index in [4.69, 9.17) is 4.42 Å². The minimum Gasteiger partial charge on any atom is -0.424 e. The summed E-state index contributed by atoms with van der Waals surface area (Å²) in [5.41, 5.74) is 2.58. The molecular formula is C13H17N3O. The molecule has 17 heavy (non-hydrogen) atoms. The Morgan fingerprint density at radius 2 is 2.00 bits per heavy atom. The fourth-order valence-electron chi connectivity index (χ4n) is 1.83. The second-order valence-corrected chi connectivity index (χ2v) is 4.17. The summed E-state index contributed by atoms with van der Waals surface area (Å²) in [6.07, 6.45) is 0. The van der Waals surface area contributed by atoms with Crippen LogP contribution in [0.3, 0.4) is 0 Å². The zero-order valence-electron chi connectivity index (χ0n) is 10.4. The average molecular weight is 231 g/mol. The number of rotatable bonds is 4. The lowest BCUT2D eigenvalue weighted by Crippen LogP contribution is -2.19. The summed E-state index contributed by atoms with van der Waals surface area (Å²) in [6, 6.07) is 8.61. The van der Waals surface area contributed by atoms with Crippen LogP contribution in [0, 0.1) is 13.8 Å². The van der Waals surface area contributed by atoms with Crippen LogP contribution in [0.4, 0.5) is 0 Å². The Morgan fingerprint density at radius 1 is 1.24 bits per heavy atom. The number of hydrogen-bond donors (Lipinski definition) is 1. The fraction of sp³-hybridized carbons (Fsp3) is 0.385. The summed E-state index contributed by atoms with van der Waals surface area (Å²) in [5, 5.41) is 11.1. The van der Waals surface area contributed by atoms with Crippen LogP contribution in [0.5, 0.6) is 0 Å². The zero-order chi connectivity index (χ0) is 12.3. The first kappa shape index (κ1) is 11.8. The molecule has 2 aromatic rings. The molecule has 0 saturated heterocycles. The van der Waals surface area contributed by atoms with Gasteiger partial charge in [-0.3, -0.25) is 0 Å². The maximum atomic E-state index is 5.32. The van der Waals surface area contributed by atoms with E-state index in [1.807, 2.05) is 6.07 Å². The standard InChI is InChI=1S/C13H17N3O/c1-9-6-4-5-7-12(9)10(2)14-8-13-16-15-11(3)17-13/h4-7,10,14H,8H2,1-3H3/t10-/m1/s1. The summed E-state index contributed by atoms with van der Waals surface area (Å²) in [5.74, 6) is 1.23. The third-order valence-electron chi connectivity index (χ3n) is 2.78. The third kappa shape index (κ3) is 2.91. The topological polar surface area (TPSA) is 51.0 Å². The molecule has 90 valence electrons. The van der Waals surface area contributed by atoms with Crippen LogP contribution >= 0.6 is 0 Å². The van der Waals surface area contributed by atoms with E-state index in [1.165, 1.54) is 11.1 Å². The first-order valence-electron chi connectivity index (χ1n) is 5.74. The highest BCUT2D eigenvalue weighted by molar-refractivity contribution is 5.28. The van der Waals surface area contributed by atoms with E-state index in [2.05, 4.69) is 47.6 Å². The lowest BCUT2D eigenvalue weighted by molar-refractivity contribution is 0.430. The molecule has 4 nitrogen and oxygen atoms in total. The largest absolute Gasteiger partial charge is 0.424 e. The summed E-state index contributed by atoms with van der Waals surface area (Å²) >= 11 is 0. The van der Waals surface area contributed by atoms with Crippen LogP contribution in [0.1, 0.15) is 35.9 Å². The molecule has 0 unspecified atom stereocenters. The van der Waals surface area contributed by atoms with Crippen LogP contribution in [0.25, 0.3) is 0 Å². The van der Waals surface area contributed by atoms with E-state index < -0.39 is 0 Å². The van der Waals surface area contributed by atoms with Gasteiger partial charge >= 0.3 is 0 Å². The molecule has 0 spiro atoms. The first-order valence-corrected chi connectivity index (χ1v) is 5.74. The van der Waals surface area contributed by atoms with Gasteiger partial charge < -0.3 is 9.73 Å². The molecule has 4 heteroatoms. The van der Waals surface area contributed by atoms with Gasteiger partial charge in [0.25, 0.3) is 0 Å². The van der Waals surface area contributed by atoms with E-state index in [-0.39, 0.29) is 6.04 Å². The van der Waals surface area contributed by atoms with Gasteiger partial charge in [0.2, 0.25) is 11.8 Å². The Kier molecular flexibility index (Phi) is 3.54. The highest BCUT2D eigenvalue weighted by atomic mass is 16.4. The van der Waals surface area contributed by atoms with Crippen molar-refractivity contribution in [3.63, 3.8) is 0 Å². The molecular weight excluding hydrogens is 214 g/mol. The summed E-state index contributed by atoms with van der Waals surface area (Å²) in [7, 11) is 0. The van der Waals surface area contributed by atoms with Crippen molar-refractivity contribution in [2.45, 2.75) is 33.4 Å². The second-order valence-electron chi connectivity index (χ2n) is 4.17. The number of nitrogens with zero attached hydrogens (tertiary/aromatic N) is 2. The van der Waals surface area contributed by atoms with Crippen LogP contribution in [0.15, 0.2) is 28.7 Å². The lowest BCUT2D eigenvalue weighted by atomic mass is 10.0. The van der Waals surface area contributed by atoms with Gasteiger partial charge in [-0.2, -0.15) is 0 Å². The molecule has 1 N–H and O–H groups in total. The Bertz CT molecular complexity index is 493. The first-order chi connectivity index (χ1) is 8.16. The molecule has 0 bridgehead atoms. The molecule has 2 rings (SSSR count). The van der Waals surface area contributed by atoms with Gasteiger partial charge in [0.15, 0.2) is 0 Å². The van der Waals surface area contributed by atoms with E-state index in [0.29, 0.717) is 18.3 Å². The van der Waals surface area contributed by atoms with E-state index in [9.17, 15) is 0 Å². The molecule has 0 radical (unpaired) electrons. The zero-order valence-corrected chi connectivity index (χ0v) is 10.4. The Hall–Kier alpha value is -1.68. The molecule has 0 aliphatic carbocycles. The van der Waals surface area contributed by atoms with Crippen LogP contribution in [0.2, 0.25) is 0 Å². The molecule has 1 aromatic carbocycles. The number of aromatic nitrogens is 2. The number of hydrogen-bond acceptors (Lipinski definition) is 4. The SMILES string of the molecule is Cc1nnc(CN[C@H](C)c2ccccc2C)o1. The third-order valence-corrected chi connectivity index (χ3v) is 2.78. The van der Waals surface area contributed by atoms with Crippen LogP contribution in [-0.4, -0.2) is 10.2 Å². The van der Waals surface area contributed by atoms with E-state index >= 15 is 0 Å². The van der Waals surface area contributed by atoms with Crippen molar-refractivity contribution in [3.05, 3.63) is 47.2 Å². The molecule has 1 aromatic heterocycles. The number of aryl methyl sites for hydroxylation is 2. The van der Waals surface area contributed by atoms with Crippen LogP contribution < -0.4 is 5.32 Å². The monoisotopic (exact) mass is 231 g/mol. The summed E-state index contributed by atoms with van der Waals surface area (Å²) in [4.78, 5) is 0. The maximum Gasteiger partial charge on any atom is 0.230 e. The Labute approximate surface area is 101 Å². The summed E-state index contributed by atoms with van der Waals surface area (Å²) in [6.45, 7) is 6.63. The van der Waals surface area contributed by atoms with Crippen molar-refractivity contribution < 1.29 is 4.42 Å². The van der Waals surface area contributed by atoms with Crippen molar-refractivity contribution in [2.75, 3.05) is 0 Å². The second kappa shape index (κ2) is 5.10. The lowest BCUT2D eigenvalue weighted by Gasteiger charge is -2.15. The predicted octanol–water partition coefficient (Wildman–Crippen LogP) is 2.54. The molecule has 0 fully saturated rings. The van der Waals surface area contributed by atoms with Gasteiger partial charge in [0.05, 0.1) is 6.54 Å². The Morgan fingerprint density at radius 3 is 2.65 bits per heavy atom. The van der Waals surface area contributed by atoms with Gasteiger partial charge in [-0.15, -0.1) is 10.2 Å². The molecule has 0 amide bonds. The van der Waals surface area contributed by atoms with Crippen molar-refractivity contribution in [3.8, 4) is 0 Å². The van der Waals surface area contributed by atoms with Crippen molar-refractivity contribution in [1.29, 1.82) is 0 Å². The fourth-order valence-corrected chi connectivity index (χ4v) is 1.83. The molecule has 1 heterocycles. The van der Waals surface area contributed by atoms with Crippen molar-refractivity contribution >= 4 is 0 Å². The maximum absolute atomic E-state index is 5.32. The van der Waals surface area contributed by atoms with Gasteiger partial charge in [-0.05, 0) is 25.0 Å². The van der Waals surface area contributed by atoms with Crippen LogP contribution in [-0.2, 0) is 6.54 Å². The van der Waals surface area contributed by atoms with Gasteiger partial charge in [-0.1, -0.05) is 24.3 Å². The smallest absolute Gasteiger partial charge is 0.230 e. The predicted molar refractivity (Wildman–Crippen MR) is 65.5 cm³/mol. The molecule has 1 atom stereocenters. The van der Waals surface area contributed by atoms with Crippen molar-refractivity contribution in [1.82, 2.24) is 15.5 Å². The Balaban J connectivity index is 1.98. The van der Waals surface area contributed by atoms with Gasteiger partial charge in [-0.25, -0.2) is 0 Å².